The van der Waals surface area contributed by atoms with Gasteiger partial charge in [-0.1, -0.05) is 17.7 Å². The van der Waals surface area contributed by atoms with E-state index in [1.807, 2.05) is 24.3 Å². The van der Waals surface area contributed by atoms with Crippen molar-refractivity contribution in [3.05, 3.63) is 52.5 Å². The van der Waals surface area contributed by atoms with Gasteiger partial charge in [-0.2, -0.15) is 0 Å². The summed E-state index contributed by atoms with van der Waals surface area (Å²) in [5, 5.41) is 3.58. The van der Waals surface area contributed by atoms with Gasteiger partial charge < -0.3 is 19.5 Å². The van der Waals surface area contributed by atoms with Crippen molar-refractivity contribution in [2.45, 2.75) is 18.9 Å². The fraction of sp³-hybridized carbons (Fsp3) is 0.278. The quantitative estimate of drug-likeness (QED) is 0.925. The number of benzene rings is 2. The molecule has 0 saturated heterocycles. The third-order valence-corrected chi connectivity index (χ3v) is 4.37. The number of carbonyl (C=O) groups is 1. The highest BCUT2D eigenvalue weighted by molar-refractivity contribution is 6.30. The molecule has 0 saturated carbocycles. The largest absolute Gasteiger partial charge is 0.480 e. The minimum absolute atomic E-state index is 0.108. The molecule has 1 unspecified atom stereocenters. The Morgan fingerprint density at radius 3 is 2.88 bits per heavy atom. The van der Waals surface area contributed by atoms with Crippen molar-refractivity contribution in [3.8, 4) is 17.2 Å². The summed E-state index contributed by atoms with van der Waals surface area (Å²) >= 11 is 5.97. The van der Waals surface area contributed by atoms with E-state index in [4.69, 9.17) is 25.8 Å². The lowest BCUT2D eigenvalue weighted by molar-refractivity contribution is -0.127. The Balaban J connectivity index is 1.30. The maximum absolute atomic E-state index is 12.3. The van der Waals surface area contributed by atoms with Crippen LogP contribution in [0.1, 0.15) is 11.1 Å². The number of fused-ring (bicyclic) bond motifs is 2. The standard InChI is InChI=1S/C18H16ClNO4/c19-13-2-4-14-12(8-13)9-17(24-14)18(21)20-6-5-11-1-3-15-16(7-11)23-10-22-15/h1-4,7-8,17H,5-6,9-10H2,(H,20,21). The summed E-state index contributed by atoms with van der Waals surface area (Å²) in [6.45, 7) is 0.800. The zero-order valence-corrected chi connectivity index (χ0v) is 13.6. The van der Waals surface area contributed by atoms with Crippen LogP contribution in [-0.2, 0) is 17.6 Å². The molecule has 1 N–H and O–H groups in total. The van der Waals surface area contributed by atoms with Gasteiger partial charge in [-0.3, -0.25) is 4.79 Å². The van der Waals surface area contributed by atoms with E-state index in [0.717, 1.165) is 28.4 Å². The molecular weight excluding hydrogens is 330 g/mol. The van der Waals surface area contributed by atoms with Crippen LogP contribution < -0.4 is 19.5 Å². The van der Waals surface area contributed by atoms with Gasteiger partial charge in [-0.25, -0.2) is 0 Å². The summed E-state index contributed by atoms with van der Waals surface area (Å²) in [5.74, 6) is 2.14. The van der Waals surface area contributed by atoms with Crippen LogP contribution in [0, 0.1) is 0 Å². The molecule has 0 aliphatic carbocycles. The van der Waals surface area contributed by atoms with E-state index in [0.29, 0.717) is 24.4 Å². The molecule has 1 amide bonds. The van der Waals surface area contributed by atoms with Gasteiger partial charge in [0, 0.05) is 18.0 Å². The van der Waals surface area contributed by atoms with Crippen LogP contribution in [0.2, 0.25) is 5.02 Å². The first kappa shape index (κ1) is 15.1. The lowest BCUT2D eigenvalue weighted by Gasteiger charge is -2.11. The topological polar surface area (TPSA) is 56.8 Å². The Morgan fingerprint density at radius 2 is 1.96 bits per heavy atom. The molecular formula is C18H16ClNO4. The van der Waals surface area contributed by atoms with Gasteiger partial charge in [-0.15, -0.1) is 0 Å². The number of ether oxygens (including phenoxy) is 3. The number of carbonyl (C=O) groups excluding carboxylic acids is 1. The highest BCUT2D eigenvalue weighted by Crippen LogP contribution is 2.33. The Bertz CT molecular complexity index is 793. The number of hydrogen-bond donors (Lipinski definition) is 1. The van der Waals surface area contributed by atoms with Crippen molar-refractivity contribution in [1.82, 2.24) is 5.32 Å². The highest BCUT2D eigenvalue weighted by atomic mass is 35.5. The van der Waals surface area contributed by atoms with Crippen LogP contribution in [-0.4, -0.2) is 25.3 Å². The smallest absolute Gasteiger partial charge is 0.261 e. The molecule has 5 nitrogen and oxygen atoms in total. The first-order chi connectivity index (χ1) is 11.7. The van der Waals surface area contributed by atoms with E-state index in [9.17, 15) is 4.79 Å². The predicted molar refractivity (Wildman–Crippen MR) is 88.9 cm³/mol. The molecule has 2 heterocycles. The lowest BCUT2D eigenvalue weighted by atomic mass is 10.1. The monoisotopic (exact) mass is 345 g/mol. The maximum atomic E-state index is 12.3. The molecule has 2 aromatic rings. The zero-order valence-electron chi connectivity index (χ0n) is 12.9. The Kier molecular flexibility index (Phi) is 3.94. The second-order valence-corrected chi connectivity index (χ2v) is 6.23. The number of amides is 1. The minimum Gasteiger partial charge on any atom is -0.480 e. The Morgan fingerprint density at radius 1 is 1.12 bits per heavy atom. The van der Waals surface area contributed by atoms with Crippen LogP contribution >= 0.6 is 11.6 Å². The third kappa shape index (κ3) is 2.99. The van der Waals surface area contributed by atoms with E-state index < -0.39 is 6.10 Å². The molecule has 2 aliphatic rings. The molecule has 2 aliphatic heterocycles. The van der Waals surface area contributed by atoms with Gasteiger partial charge >= 0.3 is 0 Å². The van der Waals surface area contributed by atoms with E-state index in [1.165, 1.54) is 0 Å². The molecule has 4 rings (SSSR count). The predicted octanol–water partition coefficient (Wildman–Crippen LogP) is 2.73. The highest BCUT2D eigenvalue weighted by Gasteiger charge is 2.28. The van der Waals surface area contributed by atoms with E-state index >= 15 is 0 Å². The molecule has 0 bridgehead atoms. The third-order valence-electron chi connectivity index (χ3n) is 4.14. The average Bonchev–Trinajstić information content (AvgIpc) is 3.20. The van der Waals surface area contributed by atoms with E-state index in [1.54, 1.807) is 12.1 Å². The molecule has 0 fully saturated rings. The fourth-order valence-corrected chi connectivity index (χ4v) is 3.10. The van der Waals surface area contributed by atoms with Crippen LogP contribution in [0.3, 0.4) is 0 Å². The zero-order chi connectivity index (χ0) is 16.5. The van der Waals surface area contributed by atoms with Crippen LogP contribution in [0.15, 0.2) is 36.4 Å². The fourth-order valence-electron chi connectivity index (χ4n) is 2.90. The molecule has 24 heavy (non-hydrogen) atoms. The Hall–Kier alpha value is -2.40. The van der Waals surface area contributed by atoms with Crippen LogP contribution in [0.4, 0.5) is 0 Å². The number of halogens is 1. The van der Waals surface area contributed by atoms with Crippen molar-refractivity contribution >= 4 is 17.5 Å². The van der Waals surface area contributed by atoms with Crippen molar-refractivity contribution in [2.24, 2.45) is 0 Å². The summed E-state index contributed by atoms with van der Waals surface area (Å²) in [6.07, 6.45) is 0.773. The molecule has 0 spiro atoms. The first-order valence-electron chi connectivity index (χ1n) is 7.80. The van der Waals surface area contributed by atoms with Gasteiger partial charge in [0.1, 0.15) is 5.75 Å². The van der Waals surface area contributed by atoms with Crippen molar-refractivity contribution in [3.63, 3.8) is 0 Å². The number of hydrogen-bond acceptors (Lipinski definition) is 4. The Labute approximate surface area is 144 Å². The second kappa shape index (κ2) is 6.24. The summed E-state index contributed by atoms with van der Waals surface area (Å²) < 4.78 is 16.3. The summed E-state index contributed by atoms with van der Waals surface area (Å²) in [6, 6.07) is 11.2. The minimum atomic E-state index is -0.491. The van der Waals surface area contributed by atoms with Crippen molar-refractivity contribution in [1.29, 1.82) is 0 Å². The molecule has 1 atom stereocenters. The number of rotatable bonds is 4. The van der Waals surface area contributed by atoms with Gasteiger partial charge in [0.2, 0.25) is 6.79 Å². The molecule has 0 aromatic heterocycles. The van der Waals surface area contributed by atoms with E-state index in [-0.39, 0.29) is 12.7 Å². The van der Waals surface area contributed by atoms with Crippen LogP contribution in [0.25, 0.3) is 0 Å². The van der Waals surface area contributed by atoms with Crippen molar-refractivity contribution in [2.75, 3.05) is 13.3 Å². The molecule has 0 radical (unpaired) electrons. The second-order valence-electron chi connectivity index (χ2n) is 5.79. The van der Waals surface area contributed by atoms with Crippen molar-refractivity contribution < 1.29 is 19.0 Å². The maximum Gasteiger partial charge on any atom is 0.261 e. The van der Waals surface area contributed by atoms with Crippen LogP contribution in [0.5, 0.6) is 17.2 Å². The summed E-state index contributed by atoms with van der Waals surface area (Å²) in [4.78, 5) is 12.3. The summed E-state index contributed by atoms with van der Waals surface area (Å²) in [5.41, 5.74) is 2.06. The molecule has 6 heteroatoms. The first-order valence-corrected chi connectivity index (χ1v) is 8.18. The molecule has 2 aromatic carbocycles. The van der Waals surface area contributed by atoms with E-state index in [2.05, 4.69) is 5.32 Å². The van der Waals surface area contributed by atoms with Gasteiger partial charge in [0.25, 0.3) is 5.91 Å². The SMILES string of the molecule is O=C(NCCc1ccc2c(c1)OCO2)C1Cc2cc(Cl)ccc2O1. The normalized spacial score (nSPS) is 17.3. The lowest BCUT2D eigenvalue weighted by Crippen LogP contribution is -2.38. The van der Waals surface area contributed by atoms with Gasteiger partial charge in [0.05, 0.1) is 0 Å². The van der Waals surface area contributed by atoms with Gasteiger partial charge in [-0.05, 0) is 47.9 Å². The summed E-state index contributed by atoms with van der Waals surface area (Å²) in [7, 11) is 0. The van der Waals surface area contributed by atoms with Gasteiger partial charge in [0.15, 0.2) is 17.6 Å². The molecule has 124 valence electrons. The number of nitrogens with one attached hydrogen (secondary N) is 1. The average molecular weight is 346 g/mol.